The highest BCUT2D eigenvalue weighted by Gasteiger charge is 2.32. The molecule has 23 heavy (non-hydrogen) atoms. The van der Waals surface area contributed by atoms with Crippen molar-refractivity contribution in [3.8, 4) is 0 Å². The van der Waals surface area contributed by atoms with Gasteiger partial charge in [0.1, 0.15) is 12.0 Å². The lowest BCUT2D eigenvalue weighted by atomic mass is 9.96. The third-order valence-corrected chi connectivity index (χ3v) is 4.62. The summed E-state index contributed by atoms with van der Waals surface area (Å²) in [6.07, 6.45) is 3.56. The Morgan fingerprint density at radius 3 is 2.87 bits per heavy atom. The van der Waals surface area contributed by atoms with Gasteiger partial charge in [-0.25, -0.2) is 0 Å². The van der Waals surface area contributed by atoms with Crippen molar-refractivity contribution in [2.24, 2.45) is 5.73 Å². The molecule has 0 saturated carbocycles. The predicted octanol–water partition coefficient (Wildman–Crippen LogP) is 3.75. The number of nitrogens with two attached hydrogens (primary N) is 1. The number of hydrogen-bond acceptors (Lipinski definition) is 3. The Morgan fingerprint density at radius 1 is 1.39 bits per heavy atom. The lowest BCUT2D eigenvalue weighted by Gasteiger charge is -2.26. The summed E-state index contributed by atoms with van der Waals surface area (Å²) < 4.78 is 5.31. The molecule has 1 amide bonds. The van der Waals surface area contributed by atoms with Crippen molar-refractivity contribution >= 4 is 18.3 Å². The lowest BCUT2D eigenvalue weighted by Crippen LogP contribution is -2.30. The van der Waals surface area contributed by atoms with Crippen LogP contribution in [-0.2, 0) is 6.54 Å². The van der Waals surface area contributed by atoms with Crippen LogP contribution >= 0.6 is 12.4 Å². The van der Waals surface area contributed by atoms with Gasteiger partial charge in [0.15, 0.2) is 0 Å². The van der Waals surface area contributed by atoms with Crippen molar-refractivity contribution in [2.45, 2.75) is 39.3 Å². The molecule has 1 unspecified atom stereocenters. The molecule has 1 aliphatic heterocycles. The van der Waals surface area contributed by atoms with Gasteiger partial charge >= 0.3 is 0 Å². The highest BCUT2D eigenvalue weighted by Crippen LogP contribution is 2.35. The summed E-state index contributed by atoms with van der Waals surface area (Å²) >= 11 is 0. The monoisotopic (exact) mass is 334 g/mol. The molecule has 1 saturated heterocycles. The Balaban J connectivity index is 0.00000192. The number of likely N-dealkylation sites (tertiary alicyclic amines) is 1. The maximum atomic E-state index is 12.8. The quantitative estimate of drug-likeness (QED) is 0.929. The van der Waals surface area contributed by atoms with E-state index in [9.17, 15) is 4.79 Å². The summed E-state index contributed by atoms with van der Waals surface area (Å²) in [6, 6.07) is 8.23. The van der Waals surface area contributed by atoms with Crippen LogP contribution in [0.15, 0.2) is 34.9 Å². The Bertz CT molecular complexity index is 696. The molecule has 1 aliphatic rings. The second kappa shape index (κ2) is 7.20. The predicted molar refractivity (Wildman–Crippen MR) is 92.8 cm³/mol. The molecule has 0 radical (unpaired) electrons. The number of halogens is 1. The summed E-state index contributed by atoms with van der Waals surface area (Å²) in [4.78, 5) is 14.7. The maximum Gasteiger partial charge on any atom is 0.257 e. The fourth-order valence-corrected chi connectivity index (χ4v) is 3.23. The standard InChI is InChI=1S/C18H22N2O2.ClH/c1-12-5-3-6-16(13(12)2)17-7-4-8-20(17)18(21)14-9-15(10-19)22-11-14;/h3,5-6,9,11,17H,4,7-8,10,19H2,1-2H3;1H. The van der Waals surface area contributed by atoms with E-state index < -0.39 is 0 Å². The molecule has 1 aromatic heterocycles. The molecule has 0 bridgehead atoms. The third kappa shape index (κ3) is 3.28. The zero-order chi connectivity index (χ0) is 15.7. The van der Waals surface area contributed by atoms with Gasteiger partial charge in [0.2, 0.25) is 0 Å². The highest BCUT2D eigenvalue weighted by atomic mass is 35.5. The molecule has 2 heterocycles. The van der Waals surface area contributed by atoms with E-state index in [4.69, 9.17) is 10.2 Å². The minimum atomic E-state index is 0. The number of benzene rings is 1. The van der Waals surface area contributed by atoms with Crippen molar-refractivity contribution in [1.29, 1.82) is 0 Å². The molecule has 1 aromatic carbocycles. The second-order valence-corrected chi connectivity index (χ2v) is 5.95. The lowest BCUT2D eigenvalue weighted by molar-refractivity contribution is 0.0734. The number of carbonyl (C=O) groups is 1. The van der Waals surface area contributed by atoms with Crippen molar-refractivity contribution in [3.05, 3.63) is 58.5 Å². The zero-order valence-corrected chi connectivity index (χ0v) is 14.4. The molecular weight excluding hydrogens is 312 g/mol. The van der Waals surface area contributed by atoms with Crippen LogP contribution in [0.2, 0.25) is 0 Å². The van der Waals surface area contributed by atoms with Crippen LogP contribution in [0.1, 0.15) is 51.7 Å². The number of rotatable bonds is 3. The van der Waals surface area contributed by atoms with Crippen molar-refractivity contribution in [3.63, 3.8) is 0 Å². The van der Waals surface area contributed by atoms with Crippen molar-refractivity contribution in [2.75, 3.05) is 6.54 Å². The summed E-state index contributed by atoms with van der Waals surface area (Å²) in [7, 11) is 0. The van der Waals surface area contributed by atoms with Crippen LogP contribution < -0.4 is 5.73 Å². The smallest absolute Gasteiger partial charge is 0.257 e. The van der Waals surface area contributed by atoms with Gasteiger partial charge in [0, 0.05) is 6.54 Å². The van der Waals surface area contributed by atoms with Gasteiger partial charge in [-0.2, -0.15) is 0 Å². The normalized spacial score (nSPS) is 17.2. The van der Waals surface area contributed by atoms with Gasteiger partial charge in [-0.1, -0.05) is 18.2 Å². The average Bonchev–Trinajstić information content (AvgIpc) is 3.18. The SMILES string of the molecule is Cc1cccc(C2CCCN2C(=O)c2coc(CN)c2)c1C.Cl. The topological polar surface area (TPSA) is 59.5 Å². The van der Waals surface area contributed by atoms with Crippen LogP contribution in [0.3, 0.4) is 0 Å². The van der Waals surface area contributed by atoms with Crippen LogP contribution in [0.5, 0.6) is 0 Å². The number of amides is 1. The fraction of sp³-hybridized carbons (Fsp3) is 0.389. The van der Waals surface area contributed by atoms with Crippen LogP contribution in [-0.4, -0.2) is 17.4 Å². The second-order valence-electron chi connectivity index (χ2n) is 5.95. The molecule has 4 nitrogen and oxygen atoms in total. The first-order valence-corrected chi connectivity index (χ1v) is 7.76. The molecule has 2 aromatic rings. The molecule has 0 spiro atoms. The number of furan rings is 1. The van der Waals surface area contributed by atoms with Crippen molar-refractivity contribution in [1.82, 2.24) is 4.90 Å². The van der Waals surface area contributed by atoms with Gasteiger partial charge in [0.25, 0.3) is 5.91 Å². The number of aryl methyl sites for hydroxylation is 1. The molecule has 5 heteroatoms. The molecular formula is C18H23ClN2O2. The van der Waals surface area contributed by atoms with E-state index in [1.54, 1.807) is 6.07 Å². The highest BCUT2D eigenvalue weighted by molar-refractivity contribution is 5.94. The Morgan fingerprint density at radius 2 is 2.17 bits per heavy atom. The molecule has 1 fully saturated rings. The van der Waals surface area contributed by atoms with E-state index in [0.717, 1.165) is 19.4 Å². The van der Waals surface area contributed by atoms with Crippen LogP contribution in [0.25, 0.3) is 0 Å². The minimum absolute atomic E-state index is 0. The van der Waals surface area contributed by atoms with E-state index in [1.807, 2.05) is 4.90 Å². The molecule has 2 N–H and O–H groups in total. The first-order valence-electron chi connectivity index (χ1n) is 7.76. The number of hydrogen-bond donors (Lipinski definition) is 1. The van der Waals surface area contributed by atoms with Crippen LogP contribution in [0, 0.1) is 13.8 Å². The Kier molecular flexibility index (Phi) is 5.50. The van der Waals surface area contributed by atoms with Crippen LogP contribution in [0.4, 0.5) is 0 Å². The van der Waals surface area contributed by atoms with Gasteiger partial charge < -0.3 is 15.1 Å². The molecule has 0 aliphatic carbocycles. The average molecular weight is 335 g/mol. The maximum absolute atomic E-state index is 12.8. The molecule has 1 atom stereocenters. The van der Waals surface area contributed by atoms with Gasteiger partial charge in [0.05, 0.1) is 18.2 Å². The minimum Gasteiger partial charge on any atom is -0.467 e. The van der Waals surface area contributed by atoms with E-state index in [2.05, 4.69) is 32.0 Å². The zero-order valence-electron chi connectivity index (χ0n) is 13.5. The van der Waals surface area contributed by atoms with E-state index in [1.165, 1.54) is 23.0 Å². The summed E-state index contributed by atoms with van der Waals surface area (Å²) in [5.41, 5.74) is 9.95. The molecule has 3 rings (SSSR count). The summed E-state index contributed by atoms with van der Waals surface area (Å²) in [5, 5.41) is 0. The van der Waals surface area contributed by atoms with Gasteiger partial charge in [-0.05, 0) is 49.4 Å². The molecule has 124 valence electrons. The summed E-state index contributed by atoms with van der Waals surface area (Å²) in [5.74, 6) is 0.678. The van der Waals surface area contributed by atoms with E-state index in [0.29, 0.717) is 17.9 Å². The largest absolute Gasteiger partial charge is 0.467 e. The first kappa shape index (κ1) is 17.6. The Hall–Kier alpha value is -1.78. The van der Waals surface area contributed by atoms with Gasteiger partial charge in [-0.15, -0.1) is 12.4 Å². The number of carbonyl (C=O) groups excluding carboxylic acids is 1. The van der Waals surface area contributed by atoms with E-state index in [-0.39, 0.29) is 24.4 Å². The third-order valence-electron chi connectivity index (χ3n) is 4.62. The Labute approximate surface area is 143 Å². The van der Waals surface area contributed by atoms with Crippen molar-refractivity contribution < 1.29 is 9.21 Å². The summed E-state index contributed by atoms with van der Waals surface area (Å²) in [6.45, 7) is 5.35. The van der Waals surface area contributed by atoms with E-state index >= 15 is 0 Å². The first-order chi connectivity index (χ1) is 10.6. The van der Waals surface area contributed by atoms with Gasteiger partial charge in [-0.3, -0.25) is 4.79 Å². The fourth-order valence-electron chi connectivity index (χ4n) is 3.23. The number of nitrogens with zero attached hydrogens (tertiary/aromatic N) is 1.